The average Bonchev–Trinajstić information content (AvgIpc) is 3.84. The van der Waals surface area contributed by atoms with E-state index in [0.717, 1.165) is 79.3 Å². The average molecular weight is 679 g/mol. The first-order valence-electron chi connectivity index (χ1n) is 15.5. The molecule has 0 saturated carbocycles. The Morgan fingerprint density at radius 2 is 1.12 bits per heavy atom. The minimum Gasteiger partial charge on any atom is -0.436 e. The lowest BCUT2D eigenvalue weighted by Crippen LogP contribution is -2.12. The summed E-state index contributed by atoms with van der Waals surface area (Å²) in [5.74, 6) is 4.19. The monoisotopic (exact) mass is 678 g/mol. The van der Waals surface area contributed by atoms with Crippen molar-refractivity contribution in [2.24, 2.45) is 0 Å². The molecule has 0 aliphatic rings. The summed E-state index contributed by atoms with van der Waals surface area (Å²) in [7, 11) is -3.03. The molecule has 0 fully saturated rings. The van der Waals surface area contributed by atoms with E-state index in [4.69, 9.17) is 13.8 Å². The van der Waals surface area contributed by atoms with Crippen LogP contribution in [0.4, 0.5) is 0 Å². The summed E-state index contributed by atoms with van der Waals surface area (Å²) in [5.41, 5.74) is 8.90. The maximum Gasteiger partial charge on any atom is 0.227 e. The van der Waals surface area contributed by atoms with Crippen molar-refractivity contribution in [3.8, 4) is 22.9 Å². The van der Waals surface area contributed by atoms with Crippen LogP contribution in [0.2, 0.25) is 0 Å². The first kappa shape index (κ1) is 31.6. The lowest BCUT2D eigenvalue weighted by molar-refractivity contribution is 0.594. The molecule has 0 atom stereocenters. The SMILES string of the molecule is CSCCn1c(C)nc2cc(-c3nc4ccccc4o3)ccc21.Cc1nc2cc(-c3nc4ccccc4o3)ccc2n1CCS(C)(=O)=O. The van der Waals surface area contributed by atoms with Crippen molar-refractivity contribution in [3.05, 3.63) is 96.6 Å². The standard InChI is InChI=1S/C18H17N3O3S.C18H17N3OS/c1-12-19-15-11-13(18-20-14-5-3-4-6-17(14)24-18)7-8-16(15)21(12)9-10-25(2,22)23;1-12-19-15-11-13(7-8-16(15)21(12)9-10-23-2)18-20-14-5-3-4-6-17(14)22-18/h3-8,11H,9-10H2,1-2H3;3-8,11H,9-10H2,1-2H3. The van der Waals surface area contributed by atoms with Crippen molar-refractivity contribution >= 4 is 65.9 Å². The van der Waals surface area contributed by atoms with E-state index in [1.165, 1.54) is 6.26 Å². The number of para-hydroxylation sites is 4. The molecule has 8 rings (SSSR count). The highest BCUT2D eigenvalue weighted by molar-refractivity contribution is 7.98. The second kappa shape index (κ2) is 12.9. The molecule has 0 amide bonds. The fourth-order valence-corrected chi connectivity index (χ4v) is 6.64. The van der Waals surface area contributed by atoms with Crippen LogP contribution >= 0.6 is 11.8 Å². The summed E-state index contributed by atoms with van der Waals surface area (Å²) in [6, 6.07) is 27.4. The van der Waals surface area contributed by atoms with Crippen molar-refractivity contribution in [1.82, 2.24) is 29.1 Å². The summed E-state index contributed by atoms with van der Waals surface area (Å²) in [6.45, 7) is 5.30. The zero-order valence-corrected chi connectivity index (χ0v) is 28.7. The van der Waals surface area contributed by atoms with Crippen molar-refractivity contribution < 1.29 is 17.3 Å². The number of benzene rings is 4. The minimum absolute atomic E-state index is 0.0895. The number of fused-ring (bicyclic) bond motifs is 4. The number of sulfone groups is 1. The first-order valence-corrected chi connectivity index (χ1v) is 18.9. The van der Waals surface area contributed by atoms with Gasteiger partial charge in [0.1, 0.15) is 32.5 Å². The van der Waals surface area contributed by atoms with Gasteiger partial charge in [0.15, 0.2) is 11.2 Å². The smallest absolute Gasteiger partial charge is 0.227 e. The minimum atomic E-state index is -3.03. The lowest BCUT2D eigenvalue weighted by atomic mass is 10.2. The molecule has 0 radical (unpaired) electrons. The van der Waals surface area contributed by atoms with Crippen LogP contribution in [0.1, 0.15) is 11.6 Å². The van der Waals surface area contributed by atoms with Gasteiger partial charge in [0.25, 0.3) is 0 Å². The van der Waals surface area contributed by atoms with E-state index < -0.39 is 9.84 Å². The van der Waals surface area contributed by atoms with Crippen LogP contribution < -0.4 is 0 Å². The maximum absolute atomic E-state index is 11.4. The number of thioether (sulfide) groups is 1. The Balaban J connectivity index is 0.000000152. The fourth-order valence-electron chi connectivity index (χ4n) is 5.76. The molecule has 0 bridgehead atoms. The number of imidazole rings is 2. The Hall–Kier alpha value is -4.94. The molecular weight excluding hydrogens is 645 g/mol. The molecule has 0 aliphatic carbocycles. The topological polar surface area (TPSA) is 122 Å². The Kier molecular flexibility index (Phi) is 8.52. The second-order valence-corrected chi connectivity index (χ2v) is 14.9. The molecule has 0 saturated heterocycles. The molecule has 4 aromatic carbocycles. The number of nitrogens with zero attached hydrogens (tertiary/aromatic N) is 6. The van der Waals surface area contributed by atoms with Gasteiger partial charge in [-0.05, 0) is 80.8 Å². The summed E-state index contributed by atoms with van der Waals surface area (Å²) in [4.78, 5) is 18.3. The van der Waals surface area contributed by atoms with Crippen LogP contribution in [0.3, 0.4) is 0 Å². The van der Waals surface area contributed by atoms with Crippen LogP contribution in [0.25, 0.3) is 67.2 Å². The van der Waals surface area contributed by atoms with E-state index in [1.807, 2.05) is 90.0 Å². The van der Waals surface area contributed by atoms with Crippen LogP contribution in [0.5, 0.6) is 0 Å². The maximum atomic E-state index is 11.4. The number of hydrogen-bond donors (Lipinski definition) is 0. The highest BCUT2D eigenvalue weighted by Gasteiger charge is 2.15. The molecule has 4 heterocycles. The van der Waals surface area contributed by atoms with Gasteiger partial charge < -0.3 is 18.0 Å². The zero-order chi connectivity index (χ0) is 33.4. The van der Waals surface area contributed by atoms with Gasteiger partial charge in [-0.1, -0.05) is 24.3 Å². The molecule has 0 N–H and O–H groups in total. The second-order valence-electron chi connectivity index (χ2n) is 11.6. The summed E-state index contributed by atoms with van der Waals surface area (Å²) < 4.78 is 38.7. The largest absolute Gasteiger partial charge is 0.436 e. The lowest BCUT2D eigenvalue weighted by Gasteiger charge is -2.05. The van der Waals surface area contributed by atoms with E-state index in [9.17, 15) is 8.42 Å². The number of aryl methyl sites for hydroxylation is 4. The van der Waals surface area contributed by atoms with Crippen molar-refractivity contribution in [2.75, 3.05) is 24.0 Å². The van der Waals surface area contributed by atoms with Crippen molar-refractivity contribution in [3.63, 3.8) is 0 Å². The quantitative estimate of drug-likeness (QED) is 0.159. The third-order valence-electron chi connectivity index (χ3n) is 8.16. The molecule has 48 heavy (non-hydrogen) atoms. The van der Waals surface area contributed by atoms with Crippen LogP contribution in [-0.4, -0.2) is 61.5 Å². The van der Waals surface area contributed by atoms with Gasteiger partial charge in [0.05, 0.1) is 27.8 Å². The third-order valence-corrected chi connectivity index (χ3v) is 9.68. The Bertz CT molecular complexity index is 2460. The zero-order valence-electron chi connectivity index (χ0n) is 27.0. The molecule has 10 nitrogen and oxygen atoms in total. The summed E-state index contributed by atoms with van der Waals surface area (Å²) >= 11 is 1.85. The fraction of sp³-hybridized carbons (Fsp3) is 0.222. The van der Waals surface area contributed by atoms with Gasteiger partial charge in [0, 0.05) is 36.2 Å². The molecule has 12 heteroatoms. The number of oxazole rings is 2. The Morgan fingerprint density at radius 3 is 1.58 bits per heavy atom. The van der Waals surface area contributed by atoms with E-state index >= 15 is 0 Å². The predicted molar refractivity (Wildman–Crippen MR) is 193 cm³/mol. The highest BCUT2D eigenvalue weighted by Crippen LogP contribution is 2.29. The van der Waals surface area contributed by atoms with E-state index in [-0.39, 0.29) is 5.75 Å². The van der Waals surface area contributed by atoms with E-state index in [0.29, 0.717) is 18.3 Å². The molecular formula is C36H34N6O4S2. The van der Waals surface area contributed by atoms with Gasteiger partial charge in [-0.15, -0.1) is 0 Å². The molecule has 244 valence electrons. The van der Waals surface area contributed by atoms with Gasteiger partial charge in [0.2, 0.25) is 11.8 Å². The van der Waals surface area contributed by atoms with Crippen LogP contribution in [0, 0.1) is 13.8 Å². The molecule has 8 aromatic rings. The van der Waals surface area contributed by atoms with Crippen LogP contribution in [0.15, 0.2) is 93.8 Å². The van der Waals surface area contributed by atoms with Crippen molar-refractivity contribution in [2.45, 2.75) is 26.9 Å². The third kappa shape index (κ3) is 6.45. The Morgan fingerprint density at radius 1 is 0.646 bits per heavy atom. The van der Waals surface area contributed by atoms with E-state index in [1.54, 1.807) is 0 Å². The highest BCUT2D eigenvalue weighted by atomic mass is 32.2. The van der Waals surface area contributed by atoms with Gasteiger partial charge >= 0.3 is 0 Å². The normalized spacial score (nSPS) is 11.9. The summed E-state index contributed by atoms with van der Waals surface area (Å²) in [6.07, 6.45) is 3.37. The summed E-state index contributed by atoms with van der Waals surface area (Å²) in [5, 5.41) is 0. The first-order chi connectivity index (χ1) is 23.2. The molecule has 0 aliphatic heterocycles. The van der Waals surface area contributed by atoms with Gasteiger partial charge in [-0.2, -0.15) is 11.8 Å². The van der Waals surface area contributed by atoms with Crippen LogP contribution in [-0.2, 0) is 22.9 Å². The molecule has 0 unspecified atom stereocenters. The predicted octanol–water partition coefficient (Wildman–Crippen LogP) is 7.71. The van der Waals surface area contributed by atoms with Gasteiger partial charge in [-0.25, -0.2) is 28.4 Å². The van der Waals surface area contributed by atoms with Crippen molar-refractivity contribution in [1.29, 1.82) is 0 Å². The number of aromatic nitrogens is 6. The number of hydrogen-bond acceptors (Lipinski definition) is 9. The molecule has 4 aromatic heterocycles. The van der Waals surface area contributed by atoms with Gasteiger partial charge in [-0.3, -0.25) is 0 Å². The van der Waals surface area contributed by atoms with E-state index in [2.05, 4.69) is 50.9 Å². The molecule has 0 spiro atoms. The Labute approximate surface area is 281 Å². The number of rotatable bonds is 8.